The van der Waals surface area contributed by atoms with Gasteiger partial charge in [-0.15, -0.1) is 0 Å². The molecule has 1 amide bonds. The van der Waals surface area contributed by atoms with E-state index in [1.165, 1.54) is 0 Å². The number of likely N-dealkylation sites (tertiary alicyclic amines) is 1. The lowest BCUT2D eigenvalue weighted by atomic mass is 10.0. The predicted octanol–water partition coefficient (Wildman–Crippen LogP) is 3.33. The molecule has 2 aliphatic heterocycles. The van der Waals surface area contributed by atoms with E-state index in [1.54, 1.807) is 4.90 Å². The third kappa shape index (κ3) is 3.76. The number of fused-ring (bicyclic) bond motifs is 2. The summed E-state index contributed by atoms with van der Waals surface area (Å²) in [5.74, 6) is -1.30. The Labute approximate surface area is 147 Å². The molecular weight excluding hydrogens is 328 g/mol. The lowest BCUT2D eigenvalue weighted by molar-refractivity contribution is -0.0203. The summed E-state index contributed by atoms with van der Waals surface area (Å²) in [6.07, 6.45) is 2.62. The van der Waals surface area contributed by atoms with Gasteiger partial charge in [-0.2, -0.15) is 0 Å². The van der Waals surface area contributed by atoms with Crippen LogP contribution in [0.1, 0.15) is 46.2 Å². The van der Waals surface area contributed by atoms with Crippen LogP contribution >= 0.6 is 0 Å². The number of halogens is 2. The van der Waals surface area contributed by atoms with E-state index >= 15 is 0 Å². The van der Waals surface area contributed by atoms with Crippen molar-refractivity contribution in [2.24, 2.45) is 0 Å². The molecule has 2 bridgehead atoms. The van der Waals surface area contributed by atoms with Crippen molar-refractivity contribution in [3.8, 4) is 0 Å². The lowest BCUT2D eigenvalue weighted by Crippen LogP contribution is -2.60. The number of ether oxygens (including phenoxy) is 1. The number of rotatable bonds is 2. The second-order valence-corrected chi connectivity index (χ2v) is 7.93. The van der Waals surface area contributed by atoms with Crippen molar-refractivity contribution in [1.29, 1.82) is 0 Å². The molecule has 2 aliphatic rings. The van der Waals surface area contributed by atoms with Crippen LogP contribution in [0.4, 0.5) is 13.6 Å². The standard InChI is InChI=1S/C18H25F2N3O2/c1-11-16-6-5-13(9-22(11)17(24)25-18(2,3)4)23(16)10-15-14(20)7-12(19)8-21-15/h7-8,11,13,16H,5-6,9-10H2,1-4H3/t11-,13+,16-/m1/s1. The molecule has 3 rings (SSSR count). The Morgan fingerprint density at radius 1 is 1.36 bits per heavy atom. The summed E-state index contributed by atoms with van der Waals surface area (Å²) < 4.78 is 32.5. The van der Waals surface area contributed by atoms with Gasteiger partial charge in [-0.25, -0.2) is 13.6 Å². The van der Waals surface area contributed by atoms with Gasteiger partial charge in [0.1, 0.15) is 17.2 Å². The maximum Gasteiger partial charge on any atom is 0.410 e. The molecular formula is C18H25F2N3O2. The van der Waals surface area contributed by atoms with Crippen molar-refractivity contribution < 1.29 is 18.3 Å². The highest BCUT2D eigenvalue weighted by molar-refractivity contribution is 5.69. The fourth-order valence-electron chi connectivity index (χ4n) is 3.82. The van der Waals surface area contributed by atoms with E-state index in [0.29, 0.717) is 13.1 Å². The minimum absolute atomic E-state index is 0.0305. The molecule has 25 heavy (non-hydrogen) atoms. The van der Waals surface area contributed by atoms with Crippen molar-refractivity contribution in [1.82, 2.24) is 14.8 Å². The molecule has 3 heterocycles. The van der Waals surface area contributed by atoms with Crippen LogP contribution < -0.4 is 0 Å². The van der Waals surface area contributed by atoms with Gasteiger partial charge in [0.15, 0.2) is 0 Å². The third-order valence-corrected chi connectivity index (χ3v) is 4.99. The molecule has 5 nitrogen and oxygen atoms in total. The van der Waals surface area contributed by atoms with Crippen LogP contribution in [0.2, 0.25) is 0 Å². The number of hydrogen-bond acceptors (Lipinski definition) is 4. The normalized spacial score (nSPS) is 26.8. The Morgan fingerprint density at radius 3 is 2.72 bits per heavy atom. The Morgan fingerprint density at radius 2 is 2.08 bits per heavy atom. The van der Waals surface area contributed by atoms with E-state index in [1.807, 2.05) is 27.7 Å². The van der Waals surface area contributed by atoms with Gasteiger partial charge in [-0.05, 0) is 40.5 Å². The fourth-order valence-corrected chi connectivity index (χ4v) is 3.82. The second kappa shape index (κ2) is 6.52. The number of carbonyl (C=O) groups excluding carboxylic acids is 1. The third-order valence-electron chi connectivity index (χ3n) is 4.99. The first kappa shape index (κ1) is 18.0. The van der Waals surface area contributed by atoms with Crippen molar-refractivity contribution >= 4 is 6.09 Å². The quantitative estimate of drug-likeness (QED) is 0.818. The molecule has 2 saturated heterocycles. The molecule has 0 radical (unpaired) electrons. The zero-order valence-electron chi connectivity index (χ0n) is 15.1. The number of aromatic nitrogens is 1. The van der Waals surface area contributed by atoms with Gasteiger partial charge in [-0.3, -0.25) is 9.88 Å². The Hall–Kier alpha value is -1.76. The van der Waals surface area contributed by atoms with Gasteiger partial charge in [0.25, 0.3) is 0 Å². The molecule has 2 fully saturated rings. The molecule has 138 valence electrons. The van der Waals surface area contributed by atoms with E-state index in [-0.39, 0.29) is 29.9 Å². The molecule has 0 N–H and O–H groups in total. The highest BCUT2D eigenvalue weighted by atomic mass is 19.1. The average Bonchev–Trinajstić information content (AvgIpc) is 2.78. The first-order chi connectivity index (χ1) is 11.7. The Bertz CT molecular complexity index is 662. The van der Waals surface area contributed by atoms with Crippen molar-refractivity contribution in [3.63, 3.8) is 0 Å². The van der Waals surface area contributed by atoms with Crippen LogP contribution in [0.15, 0.2) is 12.3 Å². The molecule has 0 aliphatic carbocycles. The van der Waals surface area contributed by atoms with Gasteiger partial charge >= 0.3 is 6.09 Å². The zero-order valence-corrected chi connectivity index (χ0v) is 15.1. The highest BCUT2D eigenvalue weighted by Crippen LogP contribution is 2.36. The molecule has 1 aromatic heterocycles. The number of hydrogen-bond donors (Lipinski definition) is 0. The smallest absolute Gasteiger partial charge is 0.410 e. The van der Waals surface area contributed by atoms with Gasteiger partial charge in [0, 0.05) is 37.3 Å². The molecule has 0 unspecified atom stereocenters. The number of nitrogens with zero attached hydrogens (tertiary/aromatic N) is 3. The fraction of sp³-hybridized carbons (Fsp3) is 0.667. The van der Waals surface area contributed by atoms with Crippen molar-refractivity contribution in [3.05, 3.63) is 29.6 Å². The minimum atomic E-state index is -0.674. The summed E-state index contributed by atoms with van der Waals surface area (Å²) >= 11 is 0. The minimum Gasteiger partial charge on any atom is -0.444 e. The van der Waals surface area contributed by atoms with Crippen LogP contribution in [-0.2, 0) is 11.3 Å². The predicted molar refractivity (Wildman–Crippen MR) is 88.9 cm³/mol. The van der Waals surface area contributed by atoms with E-state index in [9.17, 15) is 13.6 Å². The van der Waals surface area contributed by atoms with Gasteiger partial charge < -0.3 is 9.64 Å². The maximum atomic E-state index is 14.0. The summed E-state index contributed by atoms with van der Waals surface area (Å²) in [7, 11) is 0. The van der Waals surface area contributed by atoms with E-state index in [0.717, 1.165) is 25.1 Å². The largest absolute Gasteiger partial charge is 0.444 e. The first-order valence-electron chi connectivity index (χ1n) is 8.71. The molecule has 0 saturated carbocycles. The SMILES string of the molecule is C[C@@H]1[C@H]2CC[C@@H](CN1C(=O)OC(C)(C)C)N2Cc1ncc(F)cc1F. The number of carbonyl (C=O) groups is 1. The van der Waals surface area contributed by atoms with Gasteiger partial charge in [-0.1, -0.05) is 0 Å². The topological polar surface area (TPSA) is 45.7 Å². The van der Waals surface area contributed by atoms with Crippen LogP contribution in [-0.4, -0.2) is 51.1 Å². The molecule has 1 aromatic rings. The Kier molecular flexibility index (Phi) is 4.70. The number of pyridine rings is 1. The van der Waals surface area contributed by atoms with Crippen LogP contribution in [0, 0.1) is 11.6 Å². The Balaban J connectivity index is 1.73. The van der Waals surface area contributed by atoms with Crippen LogP contribution in [0.5, 0.6) is 0 Å². The van der Waals surface area contributed by atoms with Crippen LogP contribution in [0.3, 0.4) is 0 Å². The van der Waals surface area contributed by atoms with E-state index in [4.69, 9.17) is 4.74 Å². The van der Waals surface area contributed by atoms with Crippen molar-refractivity contribution in [2.75, 3.05) is 6.54 Å². The lowest BCUT2D eigenvalue weighted by Gasteiger charge is -2.45. The van der Waals surface area contributed by atoms with Gasteiger partial charge in [0.05, 0.1) is 11.9 Å². The summed E-state index contributed by atoms with van der Waals surface area (Å²) in [5, 5.41) is 0. The molecule has 0 aromatic carbocycles. The summed E-state index contributed by atoms with van der Waals surface area (Å²) in [6, 6.07) is 1.10. The monoisotopic (exact) mass is 353 g/mol. The number of amides is 1. The first-order valence-corrected chi connectivity index (χ1v) is 8.71. The number of piperazine rings is 1. The van der Waals surface area contributed by atoms with Crippen molar-refractivity contribution in [2.45, 2.75) is 70.8 Å². The van der Waals surface area contributed by atoms with E-state index < -0.39 is 17.2 Å². The summed E-state index contributed by atoms with van der Waals surface area (Å²) in [4.78, 5) is 20.3. The summed E-state index contributed by atoms with van der Waals surface area (Å²) in [6.45, 7) is 8.43. The van der Waals surface area contributed by atoms with Crippen LogP contribution in [0.25, 0.3) is 0 Å². The molecule has 7 heteroatoms. The van der Waals surface area contributed by atoms with E-state index in [2.05, 4.69) is 9.88 Å². The molecule has 3 atom stereocenters. The highest BCUT2D eigenvalue weighted by Gasteiger charge is 2.46. The zero-order chi connectivity index (χ0) is 18.4. The average molecular weight is 353 g/mol. The maximum absolute atomic E-state index is 14.0. The second-order valence-electron chi connectivity index (χ2n) is 7.93. The van der Waals surface area contributed by atoms with Gasteiger partial charge in [0.2, 0.25) is 0 Å². The molecule has 0 spiro atoms. The summed E-state index contributed by atoms with van der Waals surface area (Å²) in [5.41, 5.74) is -0.287.